The summed E-state index contributed by atoms with van der Waals surface area (Å²) in [6.45, 7) is 0.673. The second-order valence-electron chi connectivity index (χ2n) is 3.59. The first-order valence-electron chi connectivity index (χ1n) is 4.89. The maximum Gasteiger partial charge on any atom is 0.259 e. The molecular weight excluding hydrogens is 218 g/mol. The standard InChI is InChI=1S/C10H12ClNO3/c11-9-8(3-5-15-9)10(14)12-4-1-2-7(12)6-13/h3,5,7,13H,1-2,4,6H2/t7-/m1/s1. The molecule has 0 bridgehead atoms. The number of carbonyl (C=O) groups excluding carboxylic acids is 1. The van der Waals surface area contributed by atoms with E-state index in [9.17, 15) is 4.79 Å². The van der Waals surface area contributed by atoms with Crippen molar-refractivity contribution in [1.29, 1.82) is 0 Å². The van der Waals surface area contributed by atoms with Gasteiger partial charge in [0.2, 0.25) is 5.22 Å². The fourth-order valence-electron chi connectivity index (χ4n) is 1.89. The summed E-state index contributed by atoms with van der Waals surface area (Å²) in [6, 6.07) is 1.47. The molecule has 1 aliphatic rings. The first kappa shape index (κ1) is 10.5. The van der Waals surface area contributed by atoms with Gasteiger partial charge < -0.3 is 14.4 Å². The average Bonchev–Trinajstić information content (AvgIpc) is 2.84. The van der Waals surface area contributed by atoms with Crippen molar-refractivity contribution < 1.29 is 14.3 Å². The SMILES string of the molecule is O=C(c1ccoc1Cl)N1CCC[C@@H]1CO. The molecule has 0 spiro atoms. The molecule has 0 aliphatic carbocycles. The van der Waals surface area contributed by atoms with Gasteiger partial charge in [-0.2, -0.15) is 0 Å². The Kier molecular flexibility index (Phi) is 2.98. The number of aliphatic hydroxyl groups excluding tert-OH is 1. The molecule has 1 N–H and O–H groups in total. The molecule has 1 aromatic rings. The highest BCUT2D eigenvalue weighted by molar-refractivity contribution is 6.32. The van der Waals surface area contributed by atoms with Crippen molar-refractivity contribution in [2.45, 2.75) is 18.9 Å². The van der Waals surface area contributed by atoms with Gasteiger partial charge in [-0.25, -0.2) is 0 Å². The normalized spacial score (nSPS) is 20.9. The van der Waals surface area contributed by atoms with Crippen LogP contribution in [0.4, 0.5) is 0 Å². The number of hydrogen-bond acceptors (Lipinski definition) is 3. The van der Waals surface area contributed by atoms with Crippen molar-refractivity contribution >= 4 is 17.5 Å². The molecule has 0 radical (unpaired) electrons. The van der Waals surface area contributed by atoms with E-state index in [1.807, 2.05) is 0 Å². The maximum absolute atomic E-state index is 12.0. The molecule has 2 rings (SSSR count). The lowest BCUT2D eigenvalue weighted by molar-refractivity contribution is 0.0677. The van der Waals surface area contributed by atoms with Crippen LogP contribution in [0.5, 0.6) is 0 Å². The van der Waals surface area contributed by atoms with Crippen LogP contribution in [0.15, 0.2) is 16.7 Å². The highest BCUT2D eigenvalue weighted by Crippen LogP contribution is 2.24. The average molecular weight is 230 g/mol. The third kappa shape index (κ3) is 1.87. The molecule has 0 aromatic carbocycles. The molecule has 1 aromatic heterocycles. The highest BCUT2D eigenvalue weighted by atomic mass is 35.5. The van der Waals surface area contributed by atoms with Gasteiger partial charge in [-0.1, -0.05) is 0 Å². The lowest BCUT2D eigenvalue weighted by Crippen LogP contribution is -2.37. The molecule has 0 unspecified atom stereocenters. The van der Waals surface area contributed by atoms with Crippen molar-refractivity contribution in [3.63, 3.8) is 0 Å². The van der Waals surface area contributed by atoms with Gasteiger partial charge in [-0.3, -0.25) is 4.79 Å². The molecule has 0 saturated carbocycles. The van der Waals surface area contributed by atoms with Gasteiger partial charge in [0.1, 0.15) is 0 Å². The van der Waals surface area contributed by atoms with Gasteiger partial charge in [0.25, 0.3) is 5.91 Å². The van der Waals surface area contributed by atoms with E-state index in [4.69, 9.17) is 21.1 Å². The van der Waals surface area contributed by atoms with Crippen molar-refractivity contribution in [3.8, 4) is 0 Å². The van der Waals surface area contributed by atoms with Gasteiger partial charge >= 0.3 is 0 Å². The molecular formula is C10H12ClNO3. The zero-order valence-corrected chi connectivity index (χ0v) is 8.91. The van der Waals surface area contributed by atoms with Gasteiger partial charge in [-0.15, -0.1) is 0 Å². The smallest absolute Gasteiger partial charge is 0.259 e. The van der Waals surface area contributed by atoms with Gasteiger partial charge in [-0.05, 0) is 30.5 Å². The number of hydrogen-bond donors (Lipinski definition) is 1. The summed E-state index contributed by atoms with van der Waals surface area (Å²) in [6.07, 6.45) is 3.16. The fourth-order valence-corrected chi connectivity index (χ4v) is 2.09. The summed E-state index contributed by atoms with van der Waals surface area (Å²) < 4.78 is 4.87. The number of furan rings is 1. The second kappa shape index (κ2) is 4.24. The van der Waals surface area contributed by atoms with Crippen LogP contribution in [0.1, 0.15) is 23.2 Å². The number of carbonyl (C=O) groups is 1. The lowest BCUT2D eigenvalue weighted by atomic mass is 10.2. The van der Waals surface area contributed by atoms with E-state index >= 15 is 0 Å². The molecule has 15 heavy (non-hydrogen) atoms. The van der Waals surface area contributed by atoms with Crippen LogP contribution in [-0.4, -0.2) is 35.1 Å². The monoisotopic (exact) mass is 229 g/mol. The van der Waals surface area contributed by atoms with E-state index in [1.165, 1.54) is 6.26 Å². The number of amides is 1. The van der Waals surface area contributed by atoms with E-state index in [2.05, 4.69) is 0 Å². The van der Waals surface area contributed by atoms with E-state index in [-0.39, 0.29) is 23.8 Å². The molecule has 1 atom stereocenters. The molecule has 1 saturated heterocycles. The van der Waals surface area contributed by atoms with E-state index < -0.39 is 0 Å². The Morgan fingerprint density at radius 1 is 1.73 bits per heavy atom. The van der Waals surface area contributed by atoms with Gasteiger partial charge in [0, 0.05) is 6.54 Å². The zero-order chi connectivity index (χ0) is 10.8. The van der Waals surface area contributed by atoms with Gasteiger partial charge in [0.05, 0.1) is 24.5 Å². The first-order valence-corrected chi connectivity index (χ1v) is 5.26. The Hall–Kier alpha value is -1.00. The van der Waals surface area contributed by atoms with Crippen LogP contribution >= 0.6 is 11.6 Å². The number of likely N-dealkylation sites (tertiary alicyclic amines) is 1. The zero-order valence-electron chi connectivity index (χ0n) is 8.15. The minimum Gasteiger partial charge on any atom is -0.452 e. The van der Waals surface area contributed by atoms with Crippen LogP contribution in [0, 0.1) is 0 Å². The number of halogens is 1. The highest BCUT2D eigenvalue weighted by Gasteiger charge is 2.30. The Morgan fingerprint density at radius 3 is 3.13 bits per heavy atom. The fraction of sp³-hybridized carbons (Fsp3) is 0.500. The molecule has 82 valence electrons. The quantitative estimate of drug-likeness (QED) is 0.837. The maximum atomic E-state index is 12.0. The summed E-state index contributed by atoms with van der Waals surface area (Å²) in [5.41, 5.74) is 0.372. The van der Waals surface area contributed by atoms with E-state index in [1.54, 1.807) is 11.0 Å². The van der Waals surface area contributed by atoms with Crippen molar-refractivity contribution in [2.24, 2.45) is 0 Å². The number of nitrogens with zero attached hydrogens (tertiary/aromatic N) is 1. The van der Waals surface area contributed by atoms with Crippen molar-refractivity contribution in [2.75, 3.05) is 13.2 Å². The summed E-state index contributed by atoms with van der Waals surface area (Å²) in [5.74, 6) is -0.162. The van der Waals surface area contributed by atoms with Crippen LogP contribution in [0.3, 0.4) is 0 Å². The predicted molar refractivity (Wildman–Crippen MR) is 54.9 cm³/mol. The van der Waals surface area contributed by atoms with Gasteiger partial charge in [0.15, 0.2) is 0 Å². The second-order valence-corrected chi connectivity index (χ2v) is 3.93. The minimum absolute atomic E-state index is 0.00120. The van der Waals surface area contributed by atoms with Crippen molar-refractivity contribution in [1.82, 2.24) is 4.90 Å². The van der Waals surface area contributed by atoms with Crippen LogP contribution in [-0.2, 0) is 0 Å². The summed E-state index contributed by atoms with van der Waals surface area (Å²) in [7, 11) is 0. The van der Waals surface area contributed by atoms with Crippen LogP contribution in [0.25, 0.3) is 0 Å². The molecule has 1 aliphatic heterocycles. The van der Waals surface area contributed by atoms with Crippen molar-refractivity contribution in [3.05, 3.63) is 23.1 Å². The summed E-state index contributed by atoms with van der Waals surface area (Å²) in [5, 5.41) is 9.22. The van der Waals surface area contributed by atoms with E-state index in [0.717, 1.165) is 12.8 Å². The Balaban J connectivity index is 2.18. The summed E-state index contributed by atoms with van der Waals surface area (Å²) >= 11 is 5.73. The minimum atomic E-state index is -0.162. The number of rotatable bonds is 2. The molecule has 1 amide bonds. The molecule has 1 fully saturated rings. The number of aliphatic hydroxyl groups is 1. The molecule has 2 heterocycles. The Bertz CT molecular complexity index is 363. The first-order chi connectivity index (χ1) is 7.24. The van der Waals surface area contributed by atoms with Crippen LogP contribution < -0.4 is 0 Å². The summed E-state index contributed by atoms with van der Waals surface area (Å²) in [4.78, 5) is 13.6. The largest absolute Gasteiger partial charge is 0.452 e. The Morgan fingerprint density at radius 2 is 2.53 bits per heavy atom. The van der Waals surface area contributed by atoms with E-state index in [0.29, 0.717) is 12.1 Å². The topological polar surface area (TPSA) is 53.7 Å². The molecule has 4 nitrogen and oxygen atoms in total. The Labute approximate surface area is 92.4 Å². The predicted octanol–water partition coefficient (Wildman–Crippen LogP) is 1.53. The third-order valence-corrected chi connectivity index (χ3v) is 2.99. The third-order valence-electron chi connectivity index (χ3n) is 2.70. The van der Waals surface area contributed by atoms with Crippen LogP contribution in [0.2, 0.25) is 5.22 Å². The lowest BCUT2D eigenvalue weighted by Gasteiger charge is -2.22. The molecule has 5 heteroatoms.